The van der Waals surface area contributed by atoms with Crippen molar-refractivity contribution in [3.05, 3.63) is 34.3 Å². The second kappa shape index (κ2) is 5.99. The first-order chi connectivity index (χ1) is 9.62. The summed E-state index contributed by atoms with van der Waals surface area (Å²) in [5, 5.41) is 10.6. The number of halogens is 1. The molecule has 0 aliphatic carbocycles. The van der Waals surface area contributed by atoms with Crippen LogP contribution in [0.15, 0.2) is 28.7 Å². The van der Waals surface area contributed by atoms with Crippen molar-refractivity contribution in [2.24, 2.45) is 5.92 Å². The number of hydrogen-bond donors (Lipinski definition) is 1. The highest BCUT2D eigenvalue weighted by Crippen LogP contribution is 2.42. The molecule has 3 nitrogen and oxygen atoms in total. The second-order valence-corrected chi connectivity index (χ2v) is 8.10. The molecule has 0 aromatic heterocycles. The molecule has 1 aromatic carbocycles. The lowest BCUT2D eigenvalue weighted by molar-refractivity contribution is -0.0912. The van der Waals surface area contributed by atoms with Gasteiger partial charge in [-0.2, -0.15) is 0 Å². The summed E-state index contributed by atoms with van der Waals surface area (Å²) in [5.41, 5.74) is 0.469. The van der Waals surface area contributed by atoms with Crippen molar-refractivity contribution in [3.63, 3.8) is 0 Å². The number of nitrogens with zero attached hydrogens (tertiary/aromatic N) is 1. The lowest BCUT2D eigenvalue weighted by Crippen LogP contribution is -2.42. The van der Waals surface area contributed by atoms with Gasteiger partial charge in [-0.05, 0) is 52.4 Å². The molecule has 1 aliphatic rings. The standard InChI is InChI=1S/C17H26BrNO2/c1-16(2)14(15(20)17(3,4)21-16)11-19(5)10-12-7-6-8-13(18)9-12/h6-9,14-15,20H,10-11H2,1-5H3. The van der Waals surface area contributed by atoms with Crippen molar-refractivity contribution in [3.8, 4) is 0 Å². The lowest BCUT2D eigenvalue weighted by atomic mass is 9.84. The molecule has 0 spiro atoms. The maximum atomic E-state index is 10.6. The molecular formula is C17H26BrNO2. The van der Waals surface area contributed by atoms with Crippen LogP contribution in [0.4, 0.5) is 0 Å². The van der Waals surface area contributed by atoms with Crippen LogP contribution >= 0.6 is 15.9 Å². The van der Waals surface area contributed by atoms with E-state index in [9.17, 15) is 5.11 Å². The third-order valence-corrected chi connectivity index (χ3v) is 4.86. The van der Waals surface area contributed by atoms with Crippen molar-refractivity contribution in [2.45, 2.75) is 51.5 Å². The minimum Gasteiger partial charge on any atom is -0.390 e. The molecule has 1 saturated heterocycles. The molecule has 1 heterocycles. The number of aliphatic hydroxyl groups is 1. The average molecular weight is 356 g/mol. The maximum Gasteiger partial charge on any atom is 0.0896 e. The molecule has 1 N–H and O–H groups in total. The molecule has 4 heteroatoms. The molecule has 0 amide bonds. The Morgan fingerprint density at radius 1 is 1.24 bits per heavy atom. The van der Waals surface area contributed by atoms with Gasteiger partial charge in [0.2, 0.25) is 0 Å². The number of ether oxygens (including phenoxy) is 1. The van der Waals surface area contributed by atoms with E-state index in [4.69, 9.17) is 4.74 Å². The summed E-state index contributed by atoms with van der Waals surface area (Å²) in [7, 11) is 2.09. The predicted octanol–water partition coefficient (Wildman–Crippen LogP) is 3.45. The van der Waals surface area contributed by atoms with E-state index >= 15 is 0 Å². The van der Waals surface area contributed by atoms with Crippen molar-refractivity contribution in [1.29, 1.82) is 0 Å². The first kappa shape index (κ1) is 16.9. The van der Waals surface area contributed by atoms with Crippen LogP contribution in [0.2, 0.25) is 0 Å². The van der Waals surface area contributed by atoms with E-state index in [2.05, 4.69) is 53.9 Å². The van der Waals surface area contributed by atoms with Gasteiger partial charge in [-0.15, -0.1) is 0 Å². The van der Waals surface area contributed by atoms with Crippen molar-refractivity contribution in [2.75, 3.05) is 13.6 Å². The topological polar surface area (TPSA) is 32.7 Å². The summed E-state index contributed by atoms with van der Waals surface area (Å²) in [5.74, 6) is 0.102. The van der Waals surface area contributed by atoms with Gasteiger partial charge in [0.25, 0.3) is 0 Å². The fourth-order valence-corrected chi connectivity index (χ4v) is 3.79. The Bertz CT molecular complexity index is 501. The van der Waals surface area contributed by atoms with Crippen LogP contribution in [-0.2, 0) is 11.3 Å². The molecule has 0 saturated carbocycles. The molecule has 1 aromatic rings. The average Bonchev–Trinajstić information content (AvgIpc) is 2.47. The maximum absolute atomic E-state index is 10.6. The minimum atomic E-state index is -0.481. The van der Waals surface area contributed by atoms with E-state index in [0.717, 1.165) is 17.6 Å². The van der Waals surface area contributed by atoms with Crippen LogP contribution in [0.3, 0.4) is 0 Å². The second-order valence-electron chi connectivity index (χ2n) is 7.19. The lowest BCUT2D eigenvalue weighted by Gasteiger charge is -2.30. The van der Waals surface area contributed by atoms with Gasteiger partial charge in [0.15, 0.2) is 0 Å². The summed E-state index contributed by atoms with van der Waals surface area (Å²) >= 11 is 3.50. The number of aliphatic hydroxyl groups excluding tert-OH is 1. The monoisotopic (exact) mass is 355 g/mol. The van der Waals surface area contributed by atoms with Gasteiger partial charge in [0.1, 0.15) is 0 Å². The molecule has 118 valence electrons. The molecular weight excluding hydrogens is 330 g/mol. The van der Waals surface area contributed by atoms with Crippen LogP contribution < -0.4 is 0 Å². The van der Waals surface area contributed by atoms with E-state index in [-0.39, 0.29) is 11.5 Å². The van der Waals surface area contributed by atoms with Gasteiger partial charge >= 0.3 is 0 Å². The van der Waals surface area contributed by atoms with E-state index in [1.54, 1.807) is 0 Å². The summed E-state index contributed by atoms with van der Waals surface area (Å²) in [6.45, 7) is 9.75. The first-order valence-electron chi connectivity index (χ1n) is 7.43. The first-order valence-corrected chi connectivity index (χ1v) is 8.22. The number of benzene rings is 1. The van der Waals surface area contributed by atoms with E-state index in [1.165, 1.54) is 5.56 Å². The summed E-state index contributed by atoms with van der Waals surface area (Å²) in [4.78, 5) is 2.25. The number of hydrogen-bond acceptors (Lipinski definition) is 3. The third-order valence-electron chi connectivity index (χ3n) is 4.36. The van der Waals surface area contributed by atoms with Crippen molar-refractivity contribution >= 4 is 15.9 Å². The zero-order valence-electron chi connectivity index (χ0n) is 13.6. The fraction of sp³-hybridized carbons (Fsp3) is 0.647. The summed E-state index contributed by atoms with van der Waals surface area (Å²) in [6.07, 6.45) is -0.447. The Kier molecular flexibility index (Phi) is 4.84. The van der Waals surface area contributed by atoms with E-state index in [1.807, 2.05) is 26.0 Å². The van der Waals surface area contributed by atoms with Crippen molar-refractivity contribution < 1.29 is 9.84 Å². The quantitative estimate of drug-likeness (QED) is 0.897. The van der Waals surface area contributed by atoms with Gasteiger partial charge in [0, 0.05) is 23.5 Å². The van der Waals surface area contributed by atoms with Crippen molar-refractivity contribution in [1.82, 2.24) is 4.90 Å². The molecule has 1 aliphatic heterocycles. The highest BCUT2D eigenvalue weighted by atomic mass is 79.9. The Labute approximate surface area is 136 Å². The molecule has 2 unspecified atom stereocenters. The minimum absolute atomic E-state index is 0.102. The highest BCUT2D eigenvalue weighted by molar-refractivity contribution is 9.10. The largest absolute Gasteiger partial charge is 0.390 e. The van der Waals surface area contributed by atoms with E-state index in [0.29, 0.717) is 0 Å². The molecule has 21 heavy (non-hydrogen) atoms. The van der Waals surface area contributed by atoms with Crippen LogP contribution in [0.5, 0.6) is 0 Å². The highest BCUT2D eigenvalue weighted by Gasteiger charge is 2.53. The predicted molar refractivity (Wildman–Crippen MR) is 89.2 cm³/mol. The van der Waals surface area contributed by atoms with Crippen LogP contribution in [0.25, 0.3) is 0 Å². The van der Waals surface area contributed by atoms with Gasteiger partial charge in [0.05, 0.1) is 17.3 Å². The third kappa shape index (κ3) is 3.86. The van der Waals surface area contributed by atoms with Gasteiger partial charge in [-0.25, -0.2) is 0 Å². The Morgan fingerprint density at radius 2 is 1.90 bits per heavy atom. The van der Waals surface area contributed by atoms with Gasteiger partial charge < -0.3 is 14.7 Å². The van der Waals surface area contributed by atoms with Crippen LogP contribution in [-0.4, -0.2) is 40.9 Å². The zero-order valence-corrected chi connectivity index (χ0v) is 15.1. The van der Waals surface area contributed by atoms with E-state index < -0.39 is 11.7 Å². The molecule has 0 bridgehead atoms. The Hall–Kier alpha value is -0.420. The molecule has 2 atom stereocenters. The zero-order chi connectivity index (χ0) is 15.8. The van der Waals surface area contributed by atoms with Gasteiger partial charge in [-0.1, -0.05) is 28.1 Å². The SMILES string of the molecule is CN(Cc1cccc(Br)c1)CC1C(O)C(C)(C)OC1(C)C. The summed E-state index contributed by atoms with van der Waals surface area (Å²) < 4.78 is 7.14. The summed E-state index contributed by atoms with van der Waals surface area (Å²) in [6, 6.07) is 8.34. The van der Waals surface area contributed by atoms with Crippen LogP contribution in [0.1, 0.15) is 33.3 Å². The Morgan fingerprint density at radius 3 is 2.43 bits per heavy atom. The Balaban J connectivity index is 2.04. The fourth-order valence-electron chi connectivity index (χ4n) is 3.35. The number of rotatable bonds is 4. The molecule has 1 fully saturated rings. The van der Waals surface area contributed by atoms with Gasteiger partial charge in [-0.3, -0.25) is 0 Å². The normalized spacial score (nSPS) is 27.2. The molecule has 2 rings (SSSR count). The molecule has 0 radical (unpaired) electrons. The smallest absolute Gasteiger partial charge is 0.0896 e. The van der Waals surface area contributed by atoms with Crippen LogP contribution in [0, 0.1) is 5.92 Å².